The molecule has 2 N–H and O–H groups in total. The number of piperazine rings is 1. The molecule has 0 saturated carbocycles. The average molecular weight is 330 g/mol. The molecule has 1 heterocycles. The SMILES string of the molecule is Nc1cc(C(=O)N2CCN(Cc3ccccc3)CC2)ccc1Cl. The largest absolute Gasteiger partial charge is 0.398 e. The molecule has 1 fully saturated rings. The summed E-state index contributed by atoms with van der Waals surface area (Å²) in [5, 5.41) is 0.481. The van der Waals surface area contributed by atoms with Gasteiger partial charge in [-0.3, -0.25) is 9.69 Å². The molecule has 1 aliphatic heterocycles. The lowest BCUT2D eigenvalue weighted by molar-refractivity contribution is 0.0628. The summed E-state index contributed by atoms with van der Waals surface area (Å²) in [6.45, 7) is 4.15. The topological polar surface area (TPSA) is 49.6 Å². The third-order valence-electron chi connectivity index (χ3n) is 4.15. The van der Waals surface area contributed by atoms with E-state index in [9.17, 15) is 4.79 Å². The standard InChI is InChI=1S/C18H20ClN3O/c19-16-7-6-15(12-17(16)20)18(23)22-10-8-21(9-11-22)13-14-4-2-1-3-5-14/h1-7,12H,8-11,13,20H2. The minimum absolute atomic E-state index is 0.0210. The molecule has 0 radical (unpaired) electrons. The van der Waals surface area contributed by atoms with Gasteiger partial charge in [0.2, 0.25) is 0 Å². The van der Waals surface area contributed by atoms with E-state index in [-0.39, 0.29) is 5.91 Å². The van der Waals surface area contributed by atoms with Gasteiger partial charge in [-0.2, -0.15) is 0 Å². The zero-order chi connectivity index (χ0) is 16.2. The zero-order valence-corrected chi connectivity index (χ0v) is 13.7. The van der Waals surface area contributed by atoms with Gasteiger partial charge in [-0.1, -0.05) is 41.9 Å². The van der Waals surface area contributed by atoms with Crippen LogP contribution in [-0.4, -0.2) is 41.9 Å². The quantitative estimate of drug-likeness (QED) is 0.881. The molecule has 5 heteroatoms. The van der Waals surface area contributed by atoms with Crippen molar-refractivity contribution in [2.75, 3.05) is 31.9 Å². The molecule has 0 spiro atoms. The van der Waals surface area contributed by atoms with Crippen LogP contribution in [0.25, 0.3) is 0 Å². The van der Waals surface area contributed by atoms with Crippen LogP contribution in [0.4, 0.5) is 5.69 Å². The fourth-order valence-corrected chi connectivity index (χ4v) is 2.93. The third kappa shape index (κ3) is 3.84. The van der Waals surface area contributed by atoms with Crippen LogP contribution in [0.5, 0.6) is 0 Å². The van der Waals surface area contributed by atoms with E-state index < -0.39 is 0 Å². The van der Waals surface area contributed by atoms with Crippen molar-refractivity contribution in [2.24, 2.45) is 0 Å². The van der Waals surface area contributed by atoms with E-state index in [1.807, 2.05) is 11.0 Å². The van der Waals surface area contributed by atoms with Crippen molar-refractivity contribution in [3.05, 3.63) is 64.7 Å². The van der Waals surface area contributed by atoms with Gasteiger partial charge in [0.1, 0.15) is 0 Å². The maximum atomic E-state index is 12.5. The number of nitrogens with zero attached hydrogens (tertiary/aromatic N) is 2. The predicted octanol–water partition coefficient (Wildman–Crippen LogP) is 2.88. The maximum Gasteiger partial charge on any atom is 0.254 e. The van der Waals surface area contributed by atoms with Crippen molar-refractivity contribution < 1.29 is 4.79 Å². The van der Waals surface area contributed by atoms with E-state index >= 15 is 0 Å². The monoisotopic (exact) mass is 329 g/mol. The summed E-state index contributed by atoms with van der Waals surface area (Å²) < 4.78 is 0. The van der Waals surface area contributed by atoms with Gasteiger partial charge in [0.05, 0.1) is 10.7 Å². The summed E-state index contributed by atoms with van der Waals surface area (Å²) in [5.41, 5.74) is 8.13. The molecule has 1 aliphatic rings. The number of nitrogens with two attached hydrogens (primary N) is 1. The number of hydrogen-bond acceptors (Lipinski definition) is 3. The van der Waals surface area contributed by atoms with Gasteiger partial charge < -0.3 is 10.6 Å². The van der Waals surface area contributed by atoms with Crippen molar-refractivity contribution in [3.8, 4) is 0 Å². The minimum Gasteiger partial charge on any atom is -0.398 e. The predicted molar refractivity (Wildman–Crippen MR) is 93.5 cm³/mol. The smallest absolute Gasteiger partial charge is 0.254 e. The number of halogens is 1. The zero-order valence-electron chi connectivity index (χ0n) is 12.9. The molecule has 3 rings (SSSR count). The highest BCUT2D eigenvalue weighted by Gasteiger charge is 2.22. The molecule has 0 atom stereocenters. The number of benzene rings is 2. The number of nitrogen functional groups attached to an aromatic ring is 1. The molecule has 0 bridgehead atoms. The summed E-state index contributed by atoms with van der Waals surface area (Å²) in [4.78, 5) is 16.8. The third-order valence-corrected chi connectivity index (χ3v) is 4.50. The van der Waals surface area contributed by atoms with E-state index in [0.29, 0.717) is 16.3 Å². The molecule has 0 unspecified atom stereocenters. The Morgan fingerprint density at radius 2 is 1.74 bits per heavy atom. The first kappa shape index (κ1) is 15.8. The van der Waals surface area contributed by atoms with Crippen LogP contribution < -0.4 is 5.73 Å². The minimum atomic E-state index is 0.0210. The Kier molecular flexibility index (Phi) is 4.84. The Labute approximate surface area is 141 Å². The van der Waals surface area contributed by atoms with E-state index in [2.05, 4.69) is 29.2 Å². The summed E-state index contributed by atoms with van der Waals surface area (Å²) in [6, 6.07) is 15.5. The highest BCUT2D eigenvalue weighted by atomic mass is 35.5. The van der Waals surface area contributed by atoms with E-state index in [0.717, 1.165) is 32.7 Å². The Bertz CT molecular complexity index is 682. The van der Waals surface area contributed by atoms with Crippen LogP contribution >= 0.6 is 11.6 Å². The molecule has 2 aromatic rings. The summed E-state index contributed by atoms with van der Waals surface area (Å²) >= 11 is 5.91. The molecule has 0 aromatic heterocycles. The van der Waals surface area contributed by atoms with Crippen molar-refractivity contribution >= 4 is 23.2 Å². The van der Waals surface area contributed by atoms with Gasteiger partial charge in [0.25, 0.3) is 5.91 Å². The second kappa shape index (κ2) is 7.02. The Balaban J connectivity index is 1.58. The molecule has 1 amide bonds. The highest BCUT2D eigenvalue weighted by Crippen LogP contribution is 2.21. The van der Waals surface area contributed by atoms with E-state index in [1.54, 1.807) is 18.2 Å². The maximum absolute atomic E-state index is 12.5. The molecule has 0 aliphatic carbocycles. The van der Waals surface area contributed by atoms with Crippen LogP contribution in [0.3, 0.4) is 0 Å². The highest BCUT2D eigenvalue weighted by molar-refractivity contribution is 6.33. The van der Waals surface area contributed by atoms with E-state index in [1.165, 1.54) is 5.56 Å². The molecular formula is C18H20ClN3O. The van der Waals surface area contributed by atoms with Crippen molar-refractivity contribution in [1.29, 1.82) is 0 Å². The molecule has 4 nitrogen and oxygen atoms in total. The molecule has 1 saturated heterocycles. The van der Waals surface area contributed by atoms with Gasteiger partial charge in [0.15, 0.2) is 0 Å². The number of anilines is 1. The molecule has 2 aromatic carbocycles. The second-order valence-corrected chi connectivity index (χ2v) is 6.20. The number of carbonyl (C=O) groups is 1. The summed E-state index contributed by atoms with van der Waals surface area (Å²) in [5.74, 6) is 0.0210. The number of rotatable bonds is 3. The van der Waals surface area contributed by atoms with Gasteiger partial charge in [-0.25, -0.2) is 0 Å². The van der Waals surface area contributed by atoms with Crippen molar-refractivity contribution in [1.82, 2.24) is 9.80 Å². The first-order valence-electron chi connectivity index (χ1n) is 7.74. The summed E-state index contributed by atoms with van der Waals surface area (Å²) in [6.07, 6.45) is 0. The summed E-state index contributed by atoms with van der Waals surface area (Å²) in [7, 11) is 0. The Morgan fingerprint density at radius 3 is 2.39 bits per heavy atom. The van der Waals surface area contributed by atoms with Crippen molar-refractivity contribution in [3.63, 3.8) is 0 Å². The second-order valence-electron chi connectivity index (χ2n) is 5.79. The number of carbonyl (C=O) groups excluding carboxylic acids is 1. The van der Waals surface area contributed by atoms with Gasteiger partial charge >= 0.3 is 0 Å². The first-order chi connectivity index (χ1) is 11.1. The molecular weight excluding hydrogens is 310 g/mol. The fourth-order valence-electron chi connectivity index (χ4n) is 2.81. The average Bonchev–Trinajstić information content (AvgIpc) is 2.58. The lowest BCUT2D eigenvalue weighted by Gasteiger charge is -2.34. The van der Waals surface area contributed by atoms with Crippen LogP contribution in [-0.2, 0) is 6.54 Å². The van der Waals surface area contributed by atoms with Crippen molar-refractivity contribution in [2.45, 2.75) is 6.54 Å². The van der Waals surface area contributed by atoms with Crippen LogP contribution in [0.1, 0.15) is 15.9 Å². The fraction of sp³-hybridized carbons (Fsp3) is 0.278. The van der Waals surface area contributed by atoms with Crippen LogP contribution in [0, 0.1) is 0 Å². The first-order valence-corrected chi connectivity index (χ1v) is 8.12. The number of amides is 1. The van der Waals surface area contributed by atoms with Gasteiger partial charge in [-0.05, 0) is 23.8 Å². The van der Waals surface area contributed by atoms with Crippen LogP contribution in [0.2, 0.25) is 5.02 Å². The van der Waals surface area contributed by atoms with E-state index in [4.69, 9.17) is 17.3 Å². The Hall–Kier alpha value is -2.04. The molecule has 23 heavy (non-hydrogen) atoms. The molecule has 120 valence electrons. The van der Waals surface area contributed by atoms with Gasteiger partial charge in [0, 0.05) is 38.3 Å². The lowest BCUT2D eigenvalue weighted by Crippen LogP contribution is -2.48. The van der Waals surface area contributed by atoms with Crippen LogP contribution in [0.15, 0.2) is 48.5 Å². The number of hydrogen-bond donors (Lipinski definition) is 1. The lowest BCUT2D eigenvalue weighted by atomic mass is 10.1. The van der Waals surface area contributed by atoms with Gasteiger partial charge in [-0.15, -0.1) is 0 Å². The normalized spacial score (nSPS) is 15.6. The Morgan fingerprint density at radius 1 is 1.04 bits per heavy atom.